The van der Waals surface area contributed by atoms with E-state index < -0.39 is 17.0 Å². The molecule has 1 atom stereocenters. The highest BCUT2D eigenvalue weighted by Gasteiger charge is 2.39. The number of nitrogens with one attached hydrogen (secondary N) is 1. The van der Waals surface area contributed by atoms with E-state index in [1.54, 1.807) is 0 Å². The maximum atomic E-state index is 13.3. The zero-order valence-electron chi connectivity index (χ0n) is 15.2. The van der Waals surface area contributed by atoms with E-state index in [2.05, 4.69) is 5.32 Å². The Balaban J connectivity index is 1.93. The Morgan fingerprint density at radius 1 is 1.21 bits per heavy atom. The lowest BCUT2D eigenvalue weighted by atomic mass is 10.2. The smallest absolute Gasteiger partial charge is 0.264 e. The molecular weight excluding hydrogens is 377 g/mol. The second-order valence-corrected chi connectivity index (χ2v) is 7.32. The molecule has 0 spiro atoms. The largest absolute Gasteiger partial charge is 0.347 e. The van der Waals surface area contributed by atoms with Crippen LogP contribution in [-0.4, -0.2) is 17.1 Å². The molecule has 1 saturated heterocycles. The van der Waals surface area contributed by atoms with Crippen LogP contribution in [0.15, 0.2) is 65.2 Å². The number of anilines is 1. The van der Waals surface area contributed by atoms with Crippen LogP contribution in [0.3, 0.4) is 0 Å². The van der Waals surface area contributed by atoms with Crippen molar-refractivity contribution in [3.8, 4) is 6.07 Å². The van der Waals surface area contributed by atoms with Gasteiger partial charge in [-0.3, -0.25) is 14.5 Å². The standard InChI is InChI=1S/C21H18FN3O2S/c1-2-18-20(27)25(16-10-8-15(22)9-11-16)21(28-18)17(12-23)19(26)24-13-14-6-4-3-5-7-14/h3-11,18H,2,13H2,1H3,(H,24,26)/b21-17-. The van der Waals surface area contributed by atoms with Gasteiger partial charge in [-0.05, 0) is 36.2 Å². The average molecular weight is 395 g/mol. The van der Waals surface area contributed by atoms with Gasteiger partial charge < -0.3 is 5.32 Å². The number of nitriles is 1. The highest BCUT2D eigenvalue weighted by Crippen LogP contribution is 2.41. The molecular formula is C21H18FN3O2S. The topological polar surface area (TPSA) is 73.2 Å². The fraction of sp³-hybridized carbons (Fsp3) is 0.190. The average Bonchev–Trinajstić information content (AvgIpc) is 3.04. The van der Waals surface area contributed by atoms with Crippen LogP contribution in [0.2, 0.25) is 0 Å². The molecule has 142 valence electrons. The molecule has 1 aliphatic rings. The number of carbonyl (C=O) groups is 2. The minimum absolute atomic E-state index is 0.130. The van der Waals surface area contributed by atoms with Gasteiger partial charge in [-0.1, -0.05) is 49.0 Å². The Morgan fingerprint density at radius 2 is 1.89 bits per heavy atom. The first-order valence-electron chi connectivity index (χ1n) is 8.77. The van der Waals surface area contributed by atoms with E-state index in [0.29, 0.717) is 12.1 Å². The van der Waals surface area contributed by atoms with Crippen molar-refractivity contribution in [3.63, 3.8) is 0 Å². The van der Waals surface area contributed by atoms with E-state index in [1.165, 1.54) is 40.9 Å². The molecule has 1 N–H and O–H groups in total. The van der Waals surface area contributed by atoms with E-state index in [1.807, 2.05) is 43.3 Å². The summed E-state index contributed by atoms with van der Waals surface area (Å²) in [6.45, 7) is 2.13. The van der Waals surface area contributed by atoms with Crippen molar-refractivity contribution in [1.82, 2.24) is 5.32 Å². The fourth-order valence-electron chi connectivity index (χ4n) is 2.81. The number of thioether (sulfide) groups is 1. The summed E-state index contributed by atoms with van der Waals surface area (Å²) in [7, 11) is 0. The van der Waals surface area contributed by atoms with Crippen molar-refractivity contribution in [1.29, 1.82) is 5.26 Å². The van der Waals surface area contributed by atoms with Gasteiger partial charge >= 0.3 is 0 Å². The molecule has 3 rings (SSSR count). The van der Waals surface area contributed by atoms with Crippen LogP contribution in [0.1, 0.15) is 18.9 Å². The zero-order valence-corrected chi connectivity index (χ0v) is 16.0. The number of rotatable bonds is 5. The predicted molar refractivity (Wildman–Crippen MR) is 106 cm³/mol. The highest BCUT2D eigenvalue weighted by molar-refractivity contribution is 8.05. The third-order valence-electron chi connectivity index (χ3n) is 4.26. The lowest BCUT2D eigenvalue weighted by Gasteiger charge is -2.18. The molecule has 2 aromatic carbocycles. The van der Waals surface area contributed by atoms with Crippen LogP contribution >= 0.6 is 11.8 Å². The number of halogens is 1. The van der Waals surface area contributed by atoms with Gasteiger partial charge in [0.05, 0.1) is 5.25 Å². The number of nitrogens with zero attached hydrogens (tertiary/aromatic N) is 2. The summed E-state index contributed by atoms with van der Waals surface area (Å²) in [5.74, 6) is -1.20. The molecule has 0 aliphatic carbocycles. The van der Waals surface area contributed by atoms with Gasteiger partial charge in [0.15, 0.2) is 0 Å². The van der Waals surface area contributed by atoms with Crippen molar-refractivity contribution in [2.24, 2.45) is 0 Å². The van der Waals surface area contributed by atoms with E-state index in [0.717, 1.165) is 5.56 Å². The lowest BCUT2D eigenvalue weighted by molar-refractivity contribution is -0.117. The number of amides is 2. The molecule has 0 aromatic heterocycles. The lowest BCUT2D eigenvalue weighted by Crippen LogP contribution is -2.31. The summed E-state index contributed by atoms with van der Waals surface area (Å²) >= 11 is 1.19. The van der Waals surface area contributed by atoms with E-state index in [-0.39, 0.29) is 23.1 Å². The SMILES string of the molecule is CCC1S/C(=C(/C#N)C(=O)NCc2ccccc2)N(c2ccc(F)cc2)C1=O. The molecule has 1 unspecified atom stereocenters. The van der Waals surface area contributed by atoms with E-state index in [4.69, 9.17) is 0 Å². The van der Waals surface area contributed by atoms with E-state index >= 15 is 0 Å². The van der Waals surface area contributed by atoms with Gasteiger partial charge in [0, 0.05) is 12.2 Å². The van der Waals surface area contributed by atoms with Crippen molar-refractivity contribution >= 4 is 29.3 Å². The molecule has 2 amide bonds. The summed E-state index contributed by atoms with van der Waals surface area (Å²) in [6, 6.07) is 16.7. The summed E-state index contributed by atoms with van der Waals surface area (Å²) in [6.07, 6.45) is 0.551. The van der Waals surface area contributed by atoms with Crippen LogP contribution in [-0.2, 0) is 16.1 Å². The highest BCUT2D eigenvalue weighted by atomic mass is 32.2. The van der Waals surface area contributed by atoms with E-state index in [9.17, 15) is 19.2 Å². The van der Waals surface area contributed by atoms with Gasteiger partial charge in [-0.2, -0.15) is 5.26 Å². The number of hydrogen-bond acceptors (Lipinski definition) is 4. The molecule has 5 nitrogen and oxygen atoms in total. The Hall–Kier alpha value is -3.11. The van der Waals surface area contributed by atoms with Crippen molar-refractivity contribution in [3.05, 3.63) is 76.6 Å². The monoisotopic (exact) mass is 395 g/mol. The first-order chi connectivity index (χ1) is 13.5. The molecule has 0 bridgehead atoms. The van der Waals surface area contributed by atoms with Crippen LogP contribution in [0.25, 0.3) is 0 Å². The Kier molecular flexibility index (Phi) is 6.12. The molecule has 1 aliphatic heterocycles. The van der Waals surface area contributed by atoms with Gasteiger partial charge in [-0.15, -0.1) is 0 Å². The van der Waals surface area contributed by atoms with Gasteiger partial charge in [0.1, 0.15) is 22.5 Å². The van der Waals surface area contributed by atoms with Gasteiger partial charge in [0.25, 0.3) is 5.91 Å². The minimum atomic E-state index is -0.550. The first-order valence-corrected chi connectivity index (χ1v) is 9.65. The van der Waals surface area contributed by atoms with Crippen LogP contribution < -0.4 is 10.2 Å². The van der Waals surface area contributed by atoms with Crippen molar-refractivity contribution < 1.29 is 14.0 Å². The molecule has 7 heteroatoms. The third kappa shape index (κ3) is 4.07. The summed E-state index contributed by atoms with van der Waals surface area (Å²) < 4.78 is 13.3. The molecule has 1 heterocycles. The molecule has 28 heavy (non-hydrogen) atoms. The fourth-order valence-corrected chi connectivity index (χ4v) is 4.01. The Bertz CT molecular complexity index is 952. The Morgan fingerprint density at radius 3 is 2.50 bits per heavy atom. The summed E-state index contributed by atoms with van der Waals surface area (Å²) in [4.78, 5) is 26.8. The van der Waals surface area contributed by atoms with Gasteiger partial charge in [0.2, 0.25) is 5.91 Å². The zero-order chi connectivity index (χ0) is 20.1. The maximum Gasteiger partial charge on any atom is 0.264 e. The third-order valence-corrected chi connectivity index (χ3v) is 5.69. The second kappa shape index (κ2) is 8.72. The normalized spacial score (nSPS) is 18.0. The van der Waals surface area contributed by atoms with Crippen LogP contribution in [0.5, 0.6) is 0 Å². The first kappa shape index (κ1) is 19.6. The maximum absolute atomic E-state index is 13.3. The second-order valence-electron chi connectivity index (χ2n) is 6.13. The summed E-state index contributed by atoms with van der Waals surface area (Å²) in [5, 5.41) is 12.2. The molecule has 0 radical (unpaired) electrons. The molecule has 0 saturated carbocycles. The van der Waals surface area contributed by atoms with Crippen LogP contribution in [0.4, 0.5) is 10.1 Å². The Labute approximate surface area is 166 Å². The van der Waals surface area contributed by atoms with Crippen molar-refractivity contribution in [2.75, 3.05) is 4.90 Å². The number of benzene rings is 2. The minimum Gasteiger partial charge on any atom is -0.347 e. The van der Waals surface area contributed by atoms with Gasteiger partial charge in [-0.25, -0.2) is 4.39 Å². The van der Waals surface area contributed by atoms with Crippen LogP contribution in [0, 0.1) is 17.1 Å². The number of hydrogen-bond donors (Lipinski definition) is 1. The number of carbonyl (C=O) groups excluding carboxylic acids is 2. The summed E-state index contributed by atoms with van der Waals surface area (Å²) in [5.41, 5.74) is 1.19. The predicted octanol–water partition coefficient (Wildman–Crippen LogP) is 3.74. The quantitative estimate of drug-likeness (QED) is 0.618. The molecule has 2 aromatic rings. The molecule has 1 fully saturated rings. The van der Waals surface area contributed by atoms with Crippen molar-refractivity contribution in [2.45, 2.75) is 25.1 Å².